The largest absolute Gasteiger partial charge is 0.445 e. The Labute approximate surface area is 678 Å². The zero-order valence-corrected chi connectivity index (χ0v) is 70.6. The lowest BCUT2D eigenvalue weighted by atomic mass is 10.0. The highest BCUT2D eigenvalue weighted by atomic mass is 16.6. The van der Waals surface area contributed by atoms with Crippen molar-refractivity contribution >= 4 is 95.6 Å². The highest BCUT2D eigenvalue weighted by Crippen LogP contribution is 2.16. The number of aliphatic hydroxyl groups is 2. The average molecular weight is 1650 g/mol. The zero-order valence-electron chi connectivity index (χ0n) is 70.6. The maximum absolute atomic E-state index is 15.3. The molecule has 1 aliphatic rings. The van der Waals surface area contributed by atoms with Crippen molar-refractivity contribution in [2.45, 2.75) is 304 Å². The van der Waals surface area contributed by atoms with Gasteiger partial charge in [-0.15, -0.1) is 0 Å². The van der Waals surface area contributed by atoms with Crippen molar-refractivity contribution in [3.05, 3.63) is 35.9 Å². The highest BCUT2D eigenvalue weighted by molar-refractivity contribution is 5.99. The molecule has 18 N–H and O–H groups in total. The van der Waals surface area contributed by atoms with Crippen molar-refractivity contribution in [1.82, 2.24) is 85.1 Å². The van der Waals surface area contributed by atoms with Crippen molar-refractivity contribution in [2.75, 3.05) is 39.3 Å². The Kier molecular flexibility index (Phi) is 42.1. The van der Waals surface area contributed by atoms with Gasteiger partial charge < -0.3 is 124 Å². The zero-order chi connectivity index (χ0) is 88.2. The van der Waals surface area contributed by atoms with E-state index in [2.05, 4.69) is 85.1 Å². The van der Waals surface area contributed by atoms with E-state index < -0.39 is 248 Å². The van der Waals surface area contributed by atoms with Gasteiger partial charge in [-0.1, -0.05) is 57.5 Å². The van der Waals surface area contributed by atoms with E-state index >= 15 is 9.59 Å². The van der Waals surface area contributed by atoms with E-state index in [9.17, 15) is 77.3 Å². The van der Waals surface area contributed by atoms with Crippen molar-refractivity contribution < 1.29 is 115 Å². The molecule has 1 aliphatic heterocycles. The molecule has 1 aromatic rings. The third-order valence-corrected chi connectivity index (χ3v) is 15.9. The molecule has 1 heterocycles. The number of hydrogen-bond acceptors (Lipinski definition) is 24. The number of nitrogens with one attached hydrogen (secondary N) is 16. The molecular weight excluding hydrogens is 1520 g/mol. The minimum Gasteiger partial charge on any atom is -0.445 e. The molecule has 116 heavy (non-hydrogen) atoms. The highest BCUT2D eigenvalue weighted by Gasteiger charge is 2.39. The number of alkyl carbamates (subject to hydrolysis) is 6. The van der Waals surface area contributed by atoms with Crippen LogP contribution in [0.25, 0.3) is 0 Å². The van der Waals surface area contributed by atoms with Gasteiger partial charge >= 0.3 is 36.6 Å². The topological polar surface area (TPSA) is 561 Å². The van der Waals surface area contributed by atoms with Crippen LogP contribution in [0, 0.1) is 5.92 Å². The van der Waals surface area contributed by atoms with Crippen molar-refractivity contribution in [3.8, 4) is 0 Å². The van der Waals surface area contributed by atoms with Crippen LogP contribution in [0.15, 0.2) is 30.3 Å². The maximum Gasteiger partial charge on any atom is 0.408 e. The molecule has 40 heteroatoms. The number of carbonyl (C=O) groups excluding carboxylic acids is 16. The molecular formula is C76H128N16O24. The van der Waals surface area contributed by atoms with Gasteiger partial charge in [0, 0.05) is 39.3 Å². The minimum atomic E-state index is -1.99. The van der Waals surface area contributed by atoms with Crippen LogP contribution < -0.4 is 85.1 Å². The standard InChI is InChI=1S/C76H128N16O24/c1-21-25-46-56(95)84-48(29-35-78-66(105)112-72(6,7)8)58(97)87-51(32-38-81-69(108)115-75(15,16)17)61(100)91-54(43(4)93)64(103)77-34-28-47(57(96)86-49(30-36-79-67(106)113-73(9,10)11)60(99)89-53(40-42(2)3)63(102)83-46)85-59(98)50(31-37-80-68(107)114-74(12,13)14)88-65(104)55(44(5)94)92-62(101)52(33-39-82-70(109)116-76(18,19)20)90-71(110)111-41-45-26-23-22-24-27-45/h22-24,26-27,42-44,46-55,93-94H,21,25,28-41H2,1-20H3,(H,77,103)(H,78,105)(H,79,106)(H,80,107)(H,81,108)(H,82,109)(H,83,102)(H,84,95)(H,85,98)(H,86,96)(H,87,97)(H,88,104)(H,89,99)(H,90,110)(H,91,100)(H,92,101)/t43?,44?,46-,47-,48-,49-,50-,51-,52-,53+,54-,55-/m0/s1. The second-order valence-corrected chi connectivity index (χ2v) is 33.2. The van der Waals surface area contributed by atoms with Crippen LogP contribution in [-0.2, 0) is 83.0 Å². The number of carbonyl (C=O) groups is 16. The monoisotopic (exact) mass is 1650 g/mol. The molecule has 16 amide bonds. The number of benzene rings is 1. The van der Waals surface area contributed by atoms with E-state index in [-0.39, 0.29) is 57.8 Å². The summed E-state index contributed by atoms with van der Waals surface area (Å²) in [6.07, 6.45) is -12.3. The molecule has 0 bridgehead atoms. The van der Waals surface area contributed by atoms with E-state index in [4.69, 9.17) is 28.4 Å². The molecule has 1 aromatic carbocycles. The Hall–Kier alpha value is -10.5. The number of ether oxygens (including phenoxy) is 6. The summed E-state index contributed by atoms with van der Waals surface area (Å²) in [5.41, 5.74) is -4.39. The molecule has 0 radical (unpaired) electrons. The molecule has 656 valence electrons. The second-order valence-electron chi connectivity index (χ2n) is 33.2. The van der Waals surface area contributed by atoms with Gasteiger partial charge in [0.25, 0.3) is 0 Å². The molecule has 0 spiro atoms. The molecule has 12 atom stereocenters. The van der Waals surface area contributed by atoms with Crippen molar-refractivity contribution in [1.29, 1.82) is 0 Å². The van der Waals surface area contributed by atoms with Crippen LogP contribution in [0.5, 0.6) is 0 Å². The van der Waals surface area contributed by atoms with Gasteiger partial charge in [0.2, 0.25) is 59.1 Å². The fraction of sp³-hybridized carbons (Fsp3) is 0.711. The fourth-order valence-corrected chi connectivity index (χ4v) is 10.6. The lowest BCUT2D eigenvalue weighted by Crippen LogP contribution is -2.62. The molecule has 40 nitrogen and oxygen atoms in total. The number of aliphatic hydroxyl groups excluding tert-OH is 2. The SMILES string of the molecule is CCC[C@@H]1NC(=O)[C@@H](CC(C)C)NC(=O)[C@H](CCNC(=O)OC(C)(C)C)NC(=O)[C@@H](NC(=O)[C@H](CCNC(=O)OC(C)(C)C)NC(=O)[C@@H](NC(=O)[C@H](CCNC(=O)OC(C)(C)C)NC(=O)OCc2ccccc2)C(C)O)CCNC(=O)[C@H](C(C)O)NC(=O)[C@H](CCNC(=O)OC(C)(C)C)NC(=O)[C@H](CCNC(=O)OC(C)(C)C)NC1=O. The van der Waals surface area contributed by atoms with Gasteiger partial charge in [0.15, 0.2) is 0 Å². The Bertz CT molecular complexity index is 3460. The first-order chi connectivity index (χ1) is 53.6. The summed E-state index contributed by atoms with van der Waals surface area (Å²) in [5, 5.41) is 62.4. The summed E-state index contributed by atoms with van der Waals surface area (Å²) in [6, 6.07) is -9.07. The molecule has 0 aromatic heterocycles. The van der Waals surface area contributed by atoms with Crippen LogP contribution >= 0.6 is 0 Å². The summed E-state index contributed by atoms with van der Waals surface area (Å²) in [7, 11) is 0. The lowest BCUT2D eigenvalue weighted by Gasteiger charge is -2.29. The van der Waals surface area contributed by atoms with Gasteiger partial charge in [-0.2, -0.15) is 0 Å². The van der Waals surface area contributed by atoms with Gasteiger partial charge in [0.05, 0.1) is 12.2 Å². The van der Waals surface area contributed by atoms with Gasteiger partial charge in [-0.25, -0.2) is 28.8 Å². The number of amides is 16. The first kappa shape index (κ1) is 102. The van der Waals surface area contributed by atoms with Gasteiger partial charge in [-0.05, 0) is 181 Å². The minimum absolute atomic E-state index is 0.0923. The van der Waals surface area contributed by atoms with Crippen molar-refractivity contribution in [2.24, 2.45) is 5.92 Å². The first-order valence-electron chi connectivity index (χ1n) is 38.8. The molecule has 1 saturated heterocycles. The Morgan fingerprint density at radius 2 is 0.793 bits per heavy atom. The Balaban J connectivity index is 3.03. The van der Waals surface area contributed by atoms with Crippen LogP contribution in [0.3, 0.4) is 0 Å². The smallest absolute Gasteiger partial charge is 0.408 e. The molecule has 1 fully saturated rings. The molecule has 2 rings (SSSR count). The van der Waals surface area contributed by atoms with Crippen LogP contribution in [0.2, 0.25) is 0 Å². The lowest BCUT2D eigenvalue weighted by molar-refractivity contribution is -0.136. The summed E-state index contributed by atoms with van der Waals surface area (Å²) < 4.78 is 32.2. The van der Waals surface area contributed by atoms with Crippen molar-refractivity contribution in [3.63, 3.8) is 0 Å². The van der Waals surface area contributed by atoms with E-state index in [1.165, 1.54) is 0 Å². The molecule has 2 unspecified atom stereocenters. The van der Waals surface area contributed by atoms with Gasteiger partial charge in [0.1, 0.15) is 95.0 Å². The fourth-order valence-electron chi connectivity index (χ4n) is 10.6. The Morgan fingerprint density at radius 3 is 1.17 bits per heavy atom. The van der Waals surface area contributed by atoms with Crippen LogP contribution in [0.1, 0.15) is 202 Å². The van der Waals surface area contributed by atoms with Crippen LogP contribution in [-0.4, -0.2) is 246 Å². The summed E-state index contributed by atoms with van der Waals surface area (Å²) >= 11 is 0. The number of hydrogen-bond donors (Lipinski definition) is 18. The normalized spacial score (nSPS) is 19.9. The average Bonchev–Trinajstić information content (AvgIpc) is 0.954. The second kappa shape index (κ2) is 48.1. The van der Waals surface area contributed by atoms with E-state index in [1.807, 2.05) is 0 Å². The van der Waals surface area contributed by atoms with E-state index in [0.717, 1.165) is 13.8 Å². The summed E-state index contributed by atoms with van der Waals surface area (Å²) in [5.74, 6) is -11.6. The molecule has 0 saturated carbocycles. The third-order valence-electron chi connectivity index (χ3n) is 15.9. The van der Waals surface area contributed by atoms with E-state index in [0.29, 0.717) is 5.56 Å². The predicted molar refractivity (Wildman–Crippen MR) is 421 cm³/mol. The molecule has 0 aliphatic carbocycles. The maximum atomic E-state index is 15.3. The quantitative estimate of drug-likeness (QED) is 0.0483. The number of rotatable bonds is 30. The van der Waals surface area contributed by atoms with E-state index in [1.54, 1.807) is 155 Å². The Morgan fingerprint density at radius 1 is 0.431 bits per heavy atom. The van der Waals surface area contributed by atoms with Crippen LogP contribution in [0.4, 0.5) is 28.8 Å². The van der Waals surface area contributed by atoms with Gasteiger partial charge in [-0.3, -0.25) is 47.9 Å². The third kappa shape index (κ3) is 43.3. The first-order valence-corrected chi connectivity index (χ1v) is 38.8. The summed E-state index contributed by atoms with van der Waals surface area (Å²) in [6.45, 7) is 28.3. The summed E-state index contributed by atoms with van der Waals surface area (Å²) in [4.78, 5) is 226. The predicted octanol–water partition coefficient (Wildman–Crippen LogP) is 1.35.